The highest BCUT2D eigenvalue weighted by molar-refractivity contribution is 7.98. The largest absolute Gasteiger partial charge is 0.494 e. The van der Waals surface area contributed by atoms with Crippen LogP contribution in [0.25, 0.3) is 10.4 Å². The van der Waals surface area contributed by atoms with Gasteiger partial charge in [0.25, 0.3) is 0 Å². The van der Waals surface area contributed by atoms with Gasteiger partial charge in [0, 0.05) is 0 Å². The van der Waals surface area contributed by atoms with Gasteiger partial charge in [0.15, 0.2) is 0 Å². The van der Waals surface area contributed by atoms with Gasteiger partial charge < -0.3 is 4.74 Å². The third kappa shape index (κ3) is 4.41. The fourth-order valence-corrected chi connectivity index (χ4v) is 4.09. The van der Waals surface area contributed by atoms with Crippen molar-refractivity contribution in [3.05, 3.63) is 65.7 Å². The number of nitrogens with zero attached hydrogens (tertiary/aromatic N) is 2. The Hall–Kier alpha value is -2.29. The number of thioether (sulfide) groups is 1. The number of rotatable bonds is 7. The van der Waals surface area contributed by atoms with E-state index in [9.17, 15) is 5.26 Å². The molecule has 0 aliphatic rings. The molecule has 2 aromatic carbocycles. The van der Waals surface area contributed by atoms with Crippen molar-refractivity contribution in [3.8, 4) is 22.3 Å². The third-order valence-electron chi connectivity index (χ3n) is 3.80. The molecule has 0 N–H and O–H groups in total. The topological polar surface area (TPSA) is 45.9 Å². The summed E-state index contributed by atoms with van der Waals surface area (Å²) in [5.74, 6) is 0.852. The lowest BCUT2D eigenvalue weighted by Gasteiger charge is -2.07. The first-order valence-electron chi connectivity index (χ1n) is 8.02. The average molecular weight is 367 g/mol. The van der Waals surface area contributed by atoms with E-state index in [-0.39, 0.29) is 0 Å². The molecule has 0 spiro atoms. The van der Waals surface area contributed by atoms with Crippen molar-refractivity contribution in [2.75, 3.05) is 12.9 Å². The molecular weight excluding hydrogens is 348 g/mol. The second-order valence-electron chi connectivity index (χ2n) is 5.47. The van der Waals surface area contributed by atoms with Crippen LogP contribution in [-0.2, 0) is 6.42 Å². The predicted octanol–water partition coefficient (Wildman–Crippen LogP) is 5.42. The van der Waals surface area contributed by atoms with Crippen LogP contribution < -0.4 is 4.74 Å². The van der Waals surface area contributed by atoms with E-state index in [1.807, 2.05) is 36.6 Å². The average Bonchev–Trinajstić information content (AvgIpc) is 3.09. The van der Waals surface area contributed by atoms with Crippen LogP contribution in [0.3, 0.4) is 0 Å². The number of hydrogen-bond donors (Lipinski definition) is 0. The molecule has 0 atom stereocenters. The summed E-state index contributed by atoms with van der Waals surface area (Å²) in [5.41, 5.74) is 3.00. The minimum Gasteiger partial charge on any atom is -0.494 e. The van der Waals surface area contributed by atoms with Gasteiger partial charge in [-0.2, -0.15) is 9.64 Å². The van der Waals surface area contributed by atoms with E-state index >= 15 is 0 Å². The number of aryl methyl sites for hydroxylation is 1. The molecule has 0 unspecified atom stereocenters. The van der Waals surface area contributed by atoms with Crippen molar-refractivity contribution >= 4 is 23.3 Å². The van der Waals surface area contributed by atoms with Crippen molar-refractivity contribution in [3.63, 3.8) is 0 Å². The molecule has 25 heavy (non-hydrogen) atoms. The molecule has 0 saturated carbocycles. The van der Waals surface area contributed by atoms with Gasteiger partial charge in [-0.15, -0.1) is 11.8 Å². The number of hydrogen-bond acceptors (Lipinski definition) is 5. The van der Waals surface area contributed by atoms with E-state index in [1.54, 1.807) is 0 Å². The van der Waals surface area contributed by atoms with Crippen molar-refractivity contribution in [2.45, 2.75) is 17.9 Å². The molecule has 1 aromatic heterocycles. The molecule has 0 radical (unpaired) electrons. The fraction of sp³-hybridized carbons (Fsp3) is 0.200. The molecule has 0 bridgehead atoms. The quantitative estimate of drug-likeness (QED) is 0.414. The Bertz CT molecular complexity index is 852. The second kappa shape index (κ2) is 8.70. The van der Waals surface area contributed by atoms with E-state index < -0.39 is 0 Å². The van der Waals surface area contributed by atoms with Gasteiger partial charge in [-0.25, -0.2) is 0 Å². The monoisotopic (exact) mass is 366 g/mol. The van der Waals surface area contributed by atoms with E-state index in [0.717, 1.165) is 34.1 Å². The Morgan fingerprint density at radius 2 is 1.88 bits per heavy atom. The second-order valence-corrected chi connectivity index (χ2v) is 7.04. The van der Waals surface area contributed by atoms with Crippen molar-refractivity contribution in [2.24, 2.45) is 0 Å². The van der Waals surface area contributed by atoms with Crippen molar-refractivity contribution in [1.29, 1.82) is 5.26 Å². The smallest absolute Gasteiger partial charge is 0.128 e. The zero-order valence-electron chi connectivity index (χ0n) is 13.9. The summed E-state index contributed by atoms with van der Waals surface area (Å²) in [4.78, 5) is 0.919. The molecule has 0 aliphatic carbocycles. The van der Waals surface area contributed by atoms with Crippen LogP contribution in [0.1, 0.15) is 17.5 Å². The lowest BCUT2D eigenvalue weighted by atomic mass is 10.1. The van der Waals surface area contributed by atoms with Crippen LogP contribution in [0, 0.1) is 11.3 Å². The lowest BCUT2D eigenvalue weighted by molar-refractivity contribution is 0.311. The first kappa shape index (κ1) is 17.5. The highest BCUT2D eigenvalue weighted by Gasteiger charge is 2.14. The van der Waals surface area contributed by atoms with E-state index in [2.05, 4.69) is 34.7 Å². The van der Waals surface area contributed by atoms with E-state index in [0.29, 0.717) is 12.2 Å². The molecule has 1 heterocycles. The maximum absolute atomic E-state index is 9.35. The van der Waals surface area contributed by atoms with E-state index in [4.69, 9.17) is 4.74 Å². The Morgan fingerprint density at radius 3 is 2.56 bits per heavy atom. The van der Waals surface area contributed by atoms with Gasteiger partial charge in [-0.05, 0) is 66.0 Å². The lowest BCUT2D eigenvalue weighted by Crippen LogP contribution is -1.99. The van der Waals surface area contributed by atoms with Gasteiger partial charge in [0.05, 0.1) is 11.5 Å². The van der Waals surface area contributed by atoms with Crippen LogP contribution in [0.2, 0.25) is 0 Å². The summed E-state index contributed by atoms with van der Waals surface area (Å²) in [7, 11) is 0. The highest BCUT2D eigenvalue weighted by atomic mass is 32.2. The standard InChI is InChI=1S/C20H18N2OS2/c1-24-20-18(14-21)19(25-22-20)16-9-11-17(12-10-16)23-13-5-8-15-6-3-2-4-7-15/h2-4,6-7,9-12H,5,8,13H2,1H3. The molecule has 0 saturated heterocycles. The van der Waals surface area contributed by atoms with Crippen molar-refractivity contribution < 1.29 is 4.74 Å². The zero-order chi connectivity index (χ0) is 17.5. The Labute approximate surface area is 156 Å². The van der Waals surface area contributed by atoms with Crippen LogP contribution >= 0.6 is 23.3 Å². The van der Waals surface area contributed by atoms with Crippen LogP contribution in [0.4, 0.5) is 0 Å². The van der Waals surface area contributed by atoms with Gasteiger partial charge in [0.1, 0.15) is 22.4 Å². The minimum atomic E-state index is 0.661. The summed E-state index contributed by atoms with van der Waals surface area (Å²) in [5, 5.41) is 10.1. The van der Waals surface area contributed by atoms with Gasteiger partial charge in [-0.3, -0.25) is 0 Å². The van der Waals surface area contributed by atoms with Crippen LogP contribution in [-0.4, -0.2) is 17.2 Å². The molecule has 0 fully saturated rings. The number of aromatic nitrogens is 1. The summed E-state index contributed by atoms with van der Waals surface area (Å²) in [6, 6.07) is 20.6. The zero-order valence-corrected chi connectivity index (χ0v) is 15.6. The van der Waals surface area contributed by atoms with Gasteiger partial charge >= 0.3 is 0 Å². The number of nitriles is 1. The number of ether oxygens (including phenoxy) is 1. The van der Waals surface area contributed by atoms with Crippen molar-refractivity contribution in [1.82, 2.24) is 4.37 Å². The molecule has 3 aromatic rings. The summed E-state index contributed by atoms with van der Waals surface area (Å²) < 4.78 is 10.2. The van der Waals surface area contributed by atoms with E-state index in [1.165, 1.54) is 28.9 Å². The molecule has 3 nitrogen and oxygen atoms in total. The molecular formula is C20H18N2OS2. The first-order chi connectivity index (χ1) is 12.3. The maximum atomic E-state index is 9.35. The minimum absolute atomic E-state index is 0.661. The van der Waals surface area contributed by atoms with Gasteiger partial charge in [-0.1, -0.05) is 30.3 Å². The highest BCUT2D eigenvalue weighted by Crippen LogP contribution is 2.34. The first-order valence-corrected chi connectivity index (χ1v) is 10.0. The molecule has 5 heteroatoms. The Morgan fingerprint density at radius 1 is 1.12 bits per heavy atom. The van der Waals surface area contributed by atoms with Gasteiger partial charge in [0.2, 0.25) is 0 Å². The summed E-state index contributed by atoms with van der Waals surface area (Å²) in [6.45, 7) is 0.689. The molecule has 0 aliphatic heterocycles. The van der Waals surface area contributed by atoms with Crippen LogP contribution in [0.5, 0.6) is 5.75 Å². The predicted molar refractivity (Wildman–Crippen MR) is 104 cm³/mol. The molecule has 3 rings (SSSR count). The third-order valence-corrected chi connectivity index (χ3v) is 5.50. The maximum Gasteiger partial charge on any atom is 0.128 e. The van der Waals surface area contributed by atoms with Crippen LogP contribution in [0.15, 0.2) is 59.6 Å². The number of benzene rings is 2. The SMILES string of the molecule is CSc1nsc(-c2ccc(OCCCc3ccccc3)cc2)c1C#N. The Kier molecular flexibility index (Phi) is 6.10. The Balaban J connectivity index is 1.57. The molecule has 0 amide bonds. The molecule has 126 valence electrons. The fourth-order valence-electron chi connectivity index (χ4n) is 2.52. The summed E-state index contributed by atoms with van der Waals surface area (Å²) >= 11 is 2.87. The summed E-state index contributed by atoms with van der Waals surface area (Å²) in [6.07, 6.45) is 3.94. The normalized spacial score (nSPS) is 10.4.